The van der Waals surface area contributed by atoms with E-state index in [0.29, 0.717) is 19.3 Å². The average molecular weight is 849 g/mol. The van der Waals surface area contributed by atoms with E-state index in [1.807, 2.05) is 0 Å². The van der Waals surface area contributed by atoms with Crippen molar-refractivity contribution in [3.05, 3.63) is 0 Å². The second-order valence-electron chi connectivity index (χ2n) is 19.7. The Morgan fingerprint density at radius 2 is 0.583 bits per heavy atom. The first-order valence-electron chi connectivity index (χ1n) is 26.6. The molecule has 0 fully saturated rings. The Morgan fingerprint density at radius 1 is 0.333 bits per heavy atom. The van der Waals surface area contributed by atoms with Crippen LogP contribution in [-0.2, 0) is 28.6 Å². The summed E-state index contributed by atoms with van der Waals surface area (Å²) in [6.07, 6.45) is 45.3. The third kappa shape index (κ3) is 45.9. The van der Waals surface area contributed by atoms with E-state index in [1.165, 1.54) is 173 Å². The first-order valence-corrected chi connectivity index (χ1v) is 26.6. The van der Waals surface area contributed by atoms with Crippen LogP contribution < -0.4 is 0 Å². The van der Waals surface area contributed by atoms with Crippen molar-refractivity contribution in [1.29, 1.82) is 0 Å². The highest BCUT2D eigenvalue weighted by molar-refractivity contribution is 5.71. The maximum Gasteiger partial charge on any atom is 0.306 e. The number of hydrogen-bond donors (Lipinski definition) is 0. The predicted octanol–water partition coefficient (Wildman–Crippen LogP) is 17.2. The van der Waals surface area contributed by atoms with Crippen LogP contribution in [0.2, 0.25) is 0 Å². The molecule has 60 heavy (non-hydrogen) atoms. The third-order valence-electron chi connectivity index (χ3n) is 12.5. The quantitative estimate of drug-likeness (QED) is 0.0345. The lowest BCUT2D eigenvalue weighted by atomic mass is 10.00. The zero-order valence-electron chi connectivity index (χ0n) is 41.3. The van der Waals surface area contributed by atoms with Crippen LogP contribution in [0.25, 0.3) is 0 Å². The number of unbranched alkanes of at least 4 members (excludes halogenated alkanes) is 29. The van der Waals surface area contributed by atoms with Gasteiger partial charge in [0.2, 0.25) is 0 Å². The molecule has 0 bridgehead atoms. The molecule has 0 aromatic heterocycles. The van der Waals surface area contributed by atoms with E-state index in [2.05, 4.69) is 41.5 Å². The van der Waals surface area contributed by atoms with Crippen LogP contribution in [0.5, 0.6) is 0 Å². The smallest absolute Gasteiger partial charge is 0.306 e. The molecule has 6 heteroatoms. The first-order chi connectivity index (χ1) is 29.1. The summed E-state index contributed by atoms with van der Waals surface area (Å²) in [5, 5.41) is 0. The normalized spacial score (nSPS) is 12.6. The van der Waals surface area contributed by atoms with E-state index in [9.17, 15) is 14.4 Å². The van der Waals surface area contributed by atoms with Gasteiger partial charge in [0.1, 0.15) is 13.2 Å². The van der Waals surface area contributed by atoms with Gasteiger partial charge in [0.25, 0.3) is 0 Å². The van der Waals surface area contributed by atoms with Gasteiger partial charge in [-0.1, -0.05) is 253 Å². The molecule has 356 valence electrons. The molecule has 0 saturated heterocycles. The Bertz CT molecular complexity index is 931. The van der Waals surface area contributed by atoms with Crippen molar-refractivity contribution < 1.29 is 28.6 Å². The SMILES string of the molecule is CCC(C)CCCCCCCCC(=O)OC[C@H](COC(=O)CCCCCCCCCCC(C)C)OC(=O)CCCCCCCCCCCCCCCCCCCCC(C)C. The Balaban J connectivity index is 4.22. The molecule has 6 nitrogen and oxygen atoms in total. The van der Waals surface area contributed by atoms with E-state index in [0.717, 1.165) is 75.5 Å². The summed E-state index contributed by atoms with van der Waals surface area (Å²) in [5.74, 6) is 1.61. The Morgan fingerprint density at radius 3 is 0.867 bits per heavy atom. The minimum absolute atomic E-state index is 0.0658. The molecule has 0 rings (SSSR count). The molecule has 1 unspecified atom stereocenters. The van der Waals surface area contributed by atoms with Crippen LogP contribution in [-0.4, -0.2) is 37.2 Å². The summed E-state index contributed by atoms with van der Waals surface area (Å²) >= 11 is 0. The summed E-state index contributed by atoms with van der Waals surface area (Å²) in [6, 6.07) is 0. The molecule has 0 amide bonds. The summed E-state index contributed by atoms with van der Waals surface area (Å²) in [6.45, 7) is 13.7. The van der Waals surface area contributed by atoms with Crippen molar-refractivity contribution in [3.63, 3.8) is 0 Å². The molecule has 0 radical (unpaired) electrons. The van der Waals surface area contributed by atoms with Crippen molar-refractivity contribution in [1.82, 2.24) is 0 Å². The molecule has 0 aliphatic rings. The van der Waals surface area contributed by atoms with E-state index in [-0.39, 0.29) is 31.1 Å². The fraction of sp³-hybridized carbons (Fsp3) is 0.944. The predicted molar refractivity (Wildman–Crippen MR) is 256 cm³/mol. The lowest BCUT2D eigenvalue weighted by molar-refractivity contribution is -0.167. The monoisotopic (exact) mass is 849 g/mol. The van der Waals surface area contributed by atoms with Crippen molar-refractivity contribution >= 4 is 17.9 Å². The van der Waals surface area contributed by atoms with Crippen molar-refractivity contribution in [3.8, 4) is 0 Å². The standard InChI is InChI=1S/C54H104O6/c1-7-50(6)42-36-30-26-27-32-38-44-53(56)59-47-51(46-58-52(55)43-37-31-24-21-20-23-29-35-41-49(4)5)60-54(57)45-39-33-25-19-17-15-13-11-9-8-10-12-14-16-18-22-28-34-40-48(2)3/h48-51H,7-47H2,1-6H3/t50?,51-/m0/s1. The van der Waals surface area contributed by atoms with Gasteiger partial charge in [-0.25, -0.2) is 0 Å². The zero-order chi connectivity index (χ0) is 44.2. The van der Waals surface area contributed by atoms with Crippen LogP contribution in [0.1, 0.15) is 292 Å². The number of hydrogen-bond acceptors (Lipinski definition) is 6. The van der Waals surface area contributed by atoms with Gasteiger partial charge < -0.3 is 14.2 Å². The molecule has 2 atom stereocenters. The number of carbonyl (C=O) groups is 3. The molecule has 0 aliphatic heterocycles. The van der Waals surface area contributed by atoms with Crippen LogP contribution in [0.3, 0.4) is 0 Å². The summed E-state index contributed by atoms with van der Waals surface area (Å²) in [4.78, 5) is 37.9. The van der Waals surface area contributed by atoms with E-state index in [4.69, 9.17) is 14.2 Å². The molecule has 0 spiro atoms. The lowest BCUT2D eigenvalue weighted by Crippen LogP contribution is -2.30. The van der Waals surface area contributed by atoms with E-state index < -0.39 is 6.10 Å². The minimum Gasteiger partial charge on any atom is -0.462 e. The summed E-state index contributed by atoms with van der Waals surface area (Å²) in [7, 11) is 0. The Kier molecular flexibility index (Phi) is 44.2. The number of rotatable bonds is 47. The highest BCUT2D eigenvalue weighted by Gasteiger charge is 2.19. The van der Waals surface area contributed by atoms with Gasteiger partial charge in [-0.2, -0.15) is 0 Å². The van der Waals surface area contributed by atoms with Crippen molar-refractivity contribution in [2.45, 2.75) is 298 Å². The van der Waals surface area contributed by atoms with E-state index in [1.54, 1.807) is 0 Å². The molecular weight excluding hydrogens is 745 g/mol. The maximum absolute atomic E-state index is 12.8. The average Bonchev–Trinajstić information content (AvgIpc) is 3.22. The largest absolute Gasteiger partial charge is 0.462 e. The highest BCUT2D eigenvalue weighted by Crippen LogP contribution is 2.18. The van der Waals surface area contributed by atoms with E-state index >= 15 is 0 Å². The van der Waals surface area contributed by atoms with Crippen LogP contribution in [0.4, 0.5) is 0 Å². The minimum atomic E-state index is -0.763. The number of esters is 3. The topological polar surface area (TPSA) is 78.9 Å². The van der Waals surface area contributed by atoms with Gasteiger partial charge in [-0.3, -0.25) is 14.4 Å². The van der Waals surface area contributed by atoms with Gasteiger partial charge in [-0.05, 0) is 37.0 Å². The van der Waals surface area contributed by atoms with Gasteiger partial charge in [0.15, 0.2) is 6.10 Å². The van der Waals surface area contributed by atoms with Gasteiger partial charge in [0, 0.05) is 19.3 Å². The van der Waals surface area contributed by atoms with Gasteiger partial charge >= 0.3 is 17.9 Å². The lowest BCUT2D eigenvalue weighted by Gasteiger charge is -2.18. The molecule has 0 aromatic rings. The Hall–Kier alpha value is -1.59. The fourth-order valence-corrected chi connectivity index (χ4v) is 8.08. The number of ether oxygens (including phenoxy) is 3. The zero-order valence-corrected chi connectivity index (χ0v) is 41.3. The van der Waals surface area contributed by atoms with Crippen LogP contribution >= 0.6 is 0 Å². The molecule has 0 aromatic carbocycles. The second-order valence-corrected chi connectivity index (χ2v) is 19.7. The maximum atomic E-state index is 12.8. The van der Waals surface area contributed by atoms with Crippen molar-refractivity contribution in [2.75, 3.05) is 13.2 Å². The second kappa shape index (κ2) is 45.4. The molecular formula is C54H104O6. The number of carbonyl (C=O) groups excluding carboxylic acids is 3. The Labute approximate surface area is 374 Å². The van der Waals surface area contributed by atoms with Gasteiger partial charge in [-0.15, -0.1) is 0 Å². The summed E-state index contributed by atoms with van der Waals surface area (Å²) < 4.78 is 16.8. The molecule has 0 saturated carbocycles. The molecule has 0 heterocycles. The molecule has 0 aliphatic carbocycles. The third-order valence-corrected chi connectivity index (χ3v) is 12.5. The van der Waals surface area contributed by atoms with Crippen LogP contribution in [0, 0.1) is 17.8 Å². The first kappa shape index (κ1) is 58.4. The fourth-order valence-electron chi connectivity index (χ4n) is 8.08. The molecule has 0 N–H and O–H groups in total. The summed E-state index contributed by atoms with van der Waals surface area (Å²) in [5.41, 5.74) is 0. The van der Waals surface area contributed by atoms with Gasteiger partial charge in [0.05, 0.1) is 0 Å². The van der Waals surface area contributed by atoms with Crippen LogP contribution in [0.15, 0.2) is 0 Å². The highest BCUT2D eigenvalue weighted by atomic mass is 16.6. The van der Waals surface area contributed by atoms with Crippen molar-refractivity contribution in [2.24, 2.45) is 17.8 Å².